The van der Waals surface area contributed by atoms with E-state index in [1.807, 2.05) is 54.6 Å². The van der Waals surface area contributed by atoms with Crippen LogP contribution in [-0.2, 0) is 35.8 Å². The number of amides is 3. The van der Waals surface area contributed by atoms with Crippen LogP contribution in [0.3, 0.4) is 0 Å². The number of ether oxygens (including phenoxy) is 3. The van der Waals surface area contributed by atoms with Gasteiger partial charge in [0.15, 0.2) is 0 Å². The Morgan fingerprint density at radius 3 is 2.08 bits per heavy atom. The molecule has 2 fully saturated rings. The maximum atomic E-state index is 14.6. The molecule has 11 nitrogen and oxygen atoms in total. The molecule has 0 bridgehead atoms. The lowest BCUT2D eigenvalue weighted by molar-refractivity contribution is -0.147. The SMILES string of the molecule is CCOC(=O)[C@H](Cc1ccccc1)NC(=O)[C@H]1C[C@@]2(N3CCCCC3)c3ccccc3N(C(=O)OC(C)(C)C)[C@H]2N1C(=O)OC(C)(C)C. The largest absolute Gasteiger partial charge is 0.464 e. The summed E-state index contributed by atoms with van der Waals surface area (Å²) >= 11 is 0. The van der Waals surface area contributed by atoms with Crippen molar-refractivity contribution in [3.05, 3.63) is 65.7 Å². The molecule has 1 N–H and O–H groups in total. The molecule has 11 heteroatoms. The second-order valence-electron chi connectivity index (χ2n) is 14.8. The van der Waals surface area contributed by atoms with E-state index in [-0.39, 0.29) is 19.4 Å². The van der Waals surface area contributed by atoms with Crippen LogP contribution < -0.4 is 10.2 Å². The van der Waals surface area contributed by atoms with Gasteiger partial charge in [0.1, 0.15) is 29.5 Å². The second kappa shape index (κ2) is 13.8. The van der Waals surface area contributed by atoms with Crippen LogP contribution in [0.1, 0.15) is 85.3 Å². The average Bonchev–Trinajstić information content (AvgIpc) is 3.51. The summed E-state index contributed by atoms with van der Waals surface area (Å²) in [5.41, 5.74) is -0.332. The molecule has 0 aromatic heterocycles. The number of benzene rings is 2. The molecule has 2 saturated heterocycles. The molecule has 3 heterocycles. The highest BCUT2D eigenvalue weighted by molar-refractivity contribution is 5.97. The molecular weight excluding hydrogens is 612 g/mol. The number of nitrogens with zero attached hydrogens (tertiary/aromatic N) is 3. The molecule has 48 heavy (non-hydrogen) atoms. The molecule has 5 rings (SSSR count). The summed E-state index contributed by atoms with van der Waals surface area (Å²) in [4.78, 5) is 61.7. The number of fused-ring (bicyclic) bond motifs is 3. The summed E-state index contributed by atoms with van der Waals surface area (Å²) in [5.74, 6) is -1.09. The van der Waals surface area contributed by atoms with Crippen LogP contribution in [0, 0.1) is 0 Å². The van der Waals surface area contributed by atoms with Crippen molar-refractivity contribution < 1.29 is 33.4 Å². The molecular formula is C37H50N4O7. The zero-order valence-electron chi connectivity index (χ0n) is 29.3. The number of nitrogens with one attached hydrogen (secondary N) is 1. The molecule has 0 aliphatic carbocycles. The van der Waals surface area contributed by atoms with Gasteiger partial charge < -0.3 is 19.5 Å². The van der Waals surface area contributed by atoms with Gasteiger partial charge in [0, 0.05) is 18.4 Å². The fourth-order valence-electron chi connectivity index (χ4n) is 7.25. The maximum absolute atomic E-state index is 14.6. The van der Waals surface area contributed by atoms with Crippen LogP contribution in [0.25, 0.3) is 0 Å². The predicted octanol–water partition coefficient (Wildman–Crippen LogP) is 5.75. The molecule has 4 atom stereocenters. The standard InChI is InChI=1S/C37H50N4O7/c1-8-46-31(43)27(23-25-17-11-9-12-18-25)38-30(42)29-24-37(39-21-15-10-16-22-39)26-19-13-14-20-28(26)40(33(44)47-35(2,3)4)32(37)41(29)34(45)48-36(5,6)7/h9,11-14,17-20,27,29,32H,8,10,15-16,21-24H2,1-7H3,(H,38,42)/t27-,29+,32-,37+/m0/s1. The highest BCUT2D eigenvalue weighted by Crippen LogP contribution is 2.57. The van der Waals surface area contributed by atoms with Gasteiger partial charge in [-0.1, -0.05) is 55.0 Å². The first-order valence-corrected chi connectivity index (χ1v) is 17.1. The van der Waals surface area contributed by atoms with E-state index in [9.17, 15) is 19.2 Å². The summed E-state index contributed by atoms with van der Waals surface area (Å²) in [6.07, 6.45) is 1.02. The lowest BCUT2D eigenvalue weighted by Crippen LogP contribution is -2.62. The first-order valence-electron chi connectivity index (χ1n) is 17.1. The van der Waals surface area contributed by atoms with Gasteiger partial charge in [-0.2, -0.15) is 0 Å². The molecule has 0 saturated carbocycles. The van der Waals surface area contributed by atoms with Crippen LogP contribution >= 0.6 is 0 Å². The first kappa shape index (κ1) is 35.2. The van der Waals surface area contributed by atoms with Crippen LogP contribution in [0.5, 0.6) is 0 Å². The molecule has 3 aliphatic heterocycles. The lowest BCUT2D eigenvalue weighted by Gasteiger charge is -2.45. The van der Waals surface area contributed by atoms with Crippen molar-refractivity contribution in [1.82, 2.24) is 15.1 Å². The number of para-hydroxylation sites is 1. The van der Waals surface area contributed by atoms with E-state index in [1.165, 1.54) is 9.80 Å². The molecule has 0 unspecified atom stereocenters. The number of carbonyl (C=O) groups is 4. The zero-order chi connectivity index (χ0) is 34.9. The summed E-state index contributed by atoms with van der Waals surface area (Å²) < 4.78 is 17.3. The van der Waals surface area contributed by atoms with Gasteiger partial charge in [-0.15, -0.1) is 0 Å². The number of piperidine rings is 1. The Labute approximate surface area is 283 Å². The van der Waals surface area contributed by atoms with E-state index in [0.717, 1.165) is 43.5 Å². The summed E-state index contributed by atoms with van der Waals surface area (Å²) in [7, 11) is 0. The number of likely N-dealkylation sites (tertiary alicyclic amines) is 2. The van der Waals surface area contributed by atoms with E-state index < -0.39 is 59.1 Å². The normalized spacial score (nSPS) is 23.1. The van der Waals surface area contributed by atoms with Crippen LogP contribution in [0.2, 0.25) is 0 Å². The fourth-order valence-corrected chi connectivity index (χ4v) is 7.25. The van der Waals surface area contributed by atoms with Crippen molar-refractivity contribution in [2.24, 2.45) is 0 Å². The number of esters is 1. The van der Waals surface area contributed by atoms with Crippen LogP contribution in [0.15, 0.2) is 54.6 Å². The van der Waals surface area contributed by atoms with Gasteiger partial charge in [0.05, 0.1) is 17.8 Å². The minimum Gasteiger partial charge on any atom is -0.464 e. The summed E-state index contributed by atoms with van der Waals surface area (Å²) in [6, 6.07) is 14.9. The summed E-state index contributed by atoms with van der Waals surface area (Å²) in [6.45, 7) is 14.0. The van der Waals surface area contributed by atoms with Gasteiger partial charge in [-0.3, -0.25) is 19.5 Å². The first-order chi connectivity index (χ1) is 22.7. The van der Waals surface area contributed by atoms with Gasteiger partial charge in [0.25, 0.3) is 0 Å². The quantitative estimate of drug-likeness (QED) is 0.294. The molecule has 0 radical (unpaired) electrons. The predicted molar refractivity (Wildman–Crippen MR) is 181 cm³/mol. The maximum Gasteiger partial charge on any atom is 0.416 e. The Morgan fingerprint density at radius 2 is 1.46 bits per heavy atom. The van der Waals surface area contributed by atoms with Crippen LogP contribution in [0.4, 0.5) is 15.3 Å². The Hall–Kier alpha value is -4.12. The highest BCUT2D eigenvalue weighted by atomic mass is 16.6. The average molecular weight is 663 g/mol. The van der Waals surface area contributed by atoms with E-state index in [2.05, 4.69) is 10.2 Å². The third-order valence-electron chi connectivity index (χ3n) is 8.99. The van der Waals surface area contributed by atoms with E-state index in [1.54, 1.807) is 48.5 Å². The Bertz CT molecular complexity index is 1500. The van der Waals surface area contributed by atoms with Crippen molar-refractivity contribution in [1.29, 1.82) is 0 Å². The van der Waals surface area contributed by atoms with Crippen molar-refractivity contribution in [3.63, 3.8) is 0 Å². The number of hydrogen-bond donors (Lipinski definition) is 1. The number of carbonyl (C=O) groups excluding carboxylic acids is 4. The van der Waals surface area contributed by atoms with Crippen LogP contribution in [-0.4, -0.2) is 83.0 Å². The monoisotopic (exact) mass is 662 g/mol. The second-order valence-corrected chi connectivity index (χ2v) is 14.8. The van der Waals surface area contributed by atoms with Gasteiger partial charge in [-0.25, -0.2) is 14.4 Å². The molecule has 2 aromatic carbocycles. The highest BCUT2D eigenvalue weighted by Gasteiger charge is 2.68. The van der Waals surface area contributed by atoms with Crippen molar-refractivity contribution in [3.8, 4) is 0 Å². The minimum atomic E-state index is -1.09. The minimum absolute atomic E-state index is 0.148. The van der Waals surface area contributed by atoms with Crippen molar-refractivity contribution in [2.75, 3.05) is 24.6 Å². The molecule has 3 amide bonds. The molecule has 3 aliphatic rings. The third-order valence-corrected chi connectivity index (χ3v) is 8.99. The van der Waals surface area contributed by atoms with Gasteiger partial charge in [0.2, 0.25) is 5.91 Å². The van der Waals surface area contributed by atoms with Crippen molar-refractivity contribution >= 4 is 29.8 Å². The lowest BCUT2D eigenvalue weighted by atomic mass is 9.83. The zero-order valence-corrected chi connectivity index (χ0v) is 29.3. The van der Waals surface area contributed by atoms with Gasteiger partial charge in [-0.05, 0) is 86.0 Å². The van der Waals surface area contributed by atoms with Crippen molar-refractivity contribution in [2.45, 2.75) is 116 Å². The van der Waals surface area contributed by atoms with Gasteiger partial charge >= 0.3 is 18.2 Å². The van der Waals surface area contributed by atoms with E-state index in [4.69, 9.17) is 14.2 Å². The fraction of sp³-hybridized carbons (Fsp3) is 0.568. The van der Waals surface area contributed by atoms with E-state index >= 15 is 0 Å². The molecule has 260 valence electrons. The third kappa shape index (κ3) is 7.16. The number of anilines is 1. The smallest absolute Gasteiger partial charge is 0.416 e. The summed E-state index contributed by atoms with van der Waals surface area (Å²) in [5, 5.41) is 2.94. The van der Waals surface area contributed by atoms with E-state index in [0.29, 0.717) is 5.69 Å². The number of hydrogen-bond acceptors (Lipinski definition) is 8. The molecule has 2 aromatic rings. The Balaban J connectivity index is 1.64. The Morgan fingerprint density at radius 1 is 0.854 bits per heavy atom. The topological polar surface area (TPSA) is 118 Å². The number of rotatable bonds is 7. The Kier molecular flexibility index (Phi) is 10.1. The molecule has 0 spiro atoms.